The van der Waals surface area contributed by atoms with Gasteiger partial charge in [0, 0.05) is 36.3 Å². The zero-order chi connectivity index (χ0) is 22.6. The first kappa shape index (κ1) is 21.2. The fourth-order valence-corrected chi connectivity index (χ4v) is 4.00. The molecule has 1 aliphatic rings. The Balaban J connectivity index is 1.37. The highest BCUT2D eigenvalue weighted by Gasteiger charge is 2.16. The maximum Gasteiger partial charge on any atom is 0.251 e. The Morgan fingerprint density at radius 1 is 1.15 bits per heavy atom. The lowest BCUT2D eigenvalue weighted by molar-refractivity contribution is 0.0953. The number of aromatic nitrogens is 4. The molecule has 0 aliphatic carbocycles. The highest BCUT2D eigenvalue weighted by molar-refractivity contribution is 6.01. The summed E-state index contributed by atoms with van der Waals surface area (Å²) in [4.78, 5) is 22.7. The van der Waals surface area contributed by atoms with Crippen LogP contribution in [0.3, 0.4) is 0 Å². The van der Waals surface area contributed by atoms with E-state index in [1.165, 1.54) is 5.69 Å². The summed E-state index contributed by atoms with van der Waals surface area (Å²) in [5, 5.41) is 11.2. The lowest BCUT2D eigenvalue weighted by atomic mass is 10.1. The lowest BCUT2D eigenvalue weighted by Crippen LogP contribution is -2.36. The zero-order valence-electron chi connectivity index (χ0n) is 18.3. The van der Waals surface area contributed by atoms with Crippen molar-refractivity contribution >= 4 is 22.5 Å². The summed E-state index contributed by atoms with van der Waals surface area (Å²) in [7, 11) is 0. The monoisotopic (exact) mass is 445 g/mol. The summed E-state index contributed by atoms with van der Waals surface area (Å²) >= 11 is 0. The third-order valence-electron chi connectivity index (χ3n) is 5.85. The molecule has 170 valence electrons. The molecular formula is C24H27N7O2. The number of nitrogens with one attached hydrogen (secondary N) is 3. The molecule has 9 heteroatoms. The van der Waals surface area contributed by atoms with E-state index < -0.39 is 0 Å². The number of ether oxygens (including phenoxy) is 1. The minimum absolute atomic E-state index is 0.127. The quantitative estimate of drug-likeness (QED) is 0.324. The number of nitrogens with zero attached hydrogens (tertiary/aromatic N) is 3. The number of aromatic amines is 2. The molecule has 4 aromatic rings. The molecule has 2 aromatic carbocycles. The van der Waals surface area contributed by atoms with Crippen LogP contribution in [0.2, 0.25) is 0 Å². The smallest absolute Gasteiger partial charge is 0.251 e. The fourth-order valence-electron chi connectivity index (χ4n) is 4.00. The van der Waals surface area contributed by atoms with Gasteiger partial charge in [0.05, 0.1) is 30.6 Å². The van der Waals surface area contributed by atoms with Crippen molar-refractivity contribution in [1.29, 1.82) is 0 Å². The predicted octanol–water partition coefficient (Wildman–Crippen LogP) is 2.54. The molecular weight excluding hydrogens is 418 g/mol. The van der Waals surface area contributed by atoms with Crippen LogP contribution in [0, 0.1) is 0 Å². The van der Waals surface area contributed by atoms with Crippen molar-refractivity contribution in [3.63, 3.8) is 0 Å². The molecule has 1 fully saturated rings. The molecule has 9 nitrogen and oxygen atoms in total. The summed E-state index contributed by atoms with van der Waals surface area (Å²) < 4.78 is 5.44. The van der Waals surface area contributed by atoms with Gasteiger partial charge in [-0.2, -0.15) is 5.10 Å². The van der Waals surface area contributed by atoms with E-state index in [2.05, 4.69) is 54.6 Å². The van der Waals surface area contributed by atoms with Crippen LogP contribution in [-0.4, -0.2) is 65.5 Å². The average molecular weight is 446 g/mol. The number of anilines is 1. The maximum atomic E-state index is 12.4. The van der Waals surface area contributed by atoms with Crippen molar-refractivity contribution in [3.05, 3.63) is 54.2 Å². The van der Waals surface area contributed by atoms with Gasteiger partial charge in [0.2, 0.25) is 0 Å². The molecule has 0 atom stereocenters. The molecule has 2 aromatic heterocycles. The van der Waals surface area contributed by atoms with Crippen molar-refractivity contribution in [3.8, 4) is 22.8 Å². The number of carbonyl (C=O) groups is 1. The van der Waals surface area contributed by atoms with Crippen LogP contribution in [-0.2, 0) is 4.74 Å². The summed E-state index contributed by atoms with van der Waals surface area (Å²) in [5.74, 6) is 0.521. The number of imidazole rings is 1. The number of H-pyrrole nitrogens is 2. The van der Waals surface area contributed by atoms with E-state index in [1.807, 2.05) is 18.3 Å². The number of morpholine rings is 1. The summed E-state index contributed by atoms with van der Waals surface area (Å²) in [6.07, 6.45) is 2.55. The molecule has 0 saturated carbocycles. The van der Waals surface area contributed by atoms with Crippen molar-refractivity contribution in [1.82, 2.24) is 25.5 Å². The van der Waals surface area contributed by atoms with Crippen molar-refractivity contribution in [2.24, 2.45) is 5.73 Å². The van der Waals surface area contributed by atoms with Gasteiger partial charge in [0.1, 0.15) is 5.69 Å². The van der Waals surface area contributed by atoms with Gasteiger partial charge < -0.3 is 25.7 Å². The molecule has 1 amide bonds. The number of rotatable bonds is 7. The molecule has 5 N–H and O–H groups in total. The SMILES string of the molecule is NCCCNC(=O)c1ccc2[nH]nc(-c3ncc(-c4ccc(N5CCOCC5)cc4)[nH]3)c2c1. The summed E-state index contributed by atoms with van der Waals surface area (Å²) in [5.41, 5.74) is 10.7. The minimum atomic E-state index is -0.127. The van der Waals surface area contributed by atoms with Crippen LogP contribution >= 0.6 is 0 Å². The zero-order valence-corrected chi connectivity index (χ0v) is 18.3. The van der Waals surface area contributed by atoms with E-state index in [4.69, 9.17) is 10.5 Å². The minimum Gasteiger partial charge on any atom is -0.378 e. The summed E-state index contributed by atoms with van der Waals surface area (Å²) in [6, 6.07) is 13.9. The maximum absolute atomic E-state index is 12.4. The molecule has 1 saturated heterocycles. The van der Waals surface area contributed by atoms with Gasteiger partial charge in [0.25, 0.3) is 5.91 Å². The standard InChI is InChI=1S/C24H27N7O2/c25-8-1-9-26-24(32)17-4-7-20-19(14-17)22(30-29-20)23-27-15-21(28-23)16-2-5-18(6-3-16)31-10-12-33-13-11-31/h2-7,14-15H,1,8-13,25H2,(H,26,32)(H,27,28)(H,29,30). The third-order valence-corrected chi connectivity index (χ3v) is 5.85. The van der Waals surface area contributed by atoms with E-state index in [-0.39, 0.29) is 5.91 Å². The number of benzene rings is 2. The average Bonchev–Trinajstić information content (AvgIpc) is 3.51. The van der Waals surface area contributed by atoms with Crippen LogP contribution in [0.1, 0.15) is 16.8 Å². The first-order valence-corrected chi connectivity index (χ1v) is 11.2. The molecule has 0 radical (unpaired) electrons. The molecule has 0 unspecified atom stereocenters. The molecule has 33 heavy (non-hydrogen) atoms. The lowest BCUT2D eigenvalue weighted by Gasteiger charge is -2.28. The van der Waals surface area contributed by atoms with Crippen LogP contribution in [0.4, 0.5) is 5.69 Å². The Labute approximate surface area is 191 Å². The van der Waals surface area contributed by atoms with E-state index >= 15 is 0 Å². The van der Waals surface area contributed by atoms with Crippen molar-refractivity contribution in [2.75, 3.05) is 44.3 Å². The van der Waals surface area contributed by atoms with Crippen LogP contribution < -0.4 is 16.0 Å². The highest BCUT2D eigenvalue weighted by atomic mass is 16.5. The fraction of sp³-hybridized carbons (Fsp3) is 0.292. The first-order valence-electron chi connectivity index (χ1n) is 11.2. The van der Waals surface area contributed by atoms with Gasteiger partial charge in [-0.1, -0.05) is 12.1 Å². The predicted molar refractivity (Wildman–Crippen MR) is 128 cm³/mol. The second-order valence-corrected chi connectivity index (χ2v) is 8.02. The van der Waals surface area contributed by atoms with Gasteiger partial charge in [-0.3, -0.25) is 9.89 Å². The van der Waals surface area contributed by atoms with E-state index in [0.29, 0.717) is 30.2 Å². The van der Waals surface area contributed by atoms with E-state index in [9.17, 15) is 4.79 Å². The number of hydrogen-bond acceptors (Lipinski definition) is 6. The van der Waals surface area contributed by atoms with Gasteiger partial charge in [-0.15, -0.1) is 0 Å². The van der Waals surface area contributed by atoms with Crippen LogP contribution in [0.25, 0.3) is 33.7 Å². The third kappa shape index (κ3) is 4.46. The Hall–Kier alpha value is -3.69. The Bertz CT molecular complexity index is 1240. The van der Waals surface area contributed by atoms with Gasteiger partial charge in [0.15, 0.2) is 5.82 Å². The molecule has 1 aliphatic heterocycles. The Morgan fingerprint density at radius 2 is 1.97 bits per heavy atom. The number of amides is 1. The number of nitrogens with two attached hydrogens (primary N) is 1. The van der Waals surface area contributed by atoms with Gasteiger partial charge >= 0.3 is 0 Å². The second-order valence-electron chi connectivity index (χ2n) is 8.02. The van der Waals surface area contributed by atoms with Crippen molar-refractivity contribution in [2.45, 2.75) is 6.42 Å². The molecule has 0 bridgehead atoms. The number of hydrogen-bond donors (Lipinski definition) is 4. The summed E-state index contributed by atoms with van der Waals surface area (Å²) in [6.45, 7) is 4.44. The highest BCUT2D eigenvalue weighted by Crippen LogP contribution is 2.28. The molecule has 5 rings (SSSR count). The van der Waals surface area contributed by atoms with Crippen LogP contribution in [0.15, 0.2) is 48.7 Å². The Morgan fingerprint density at radius 3 is 2.76 bits per heavy atom. The molecule has 0 spiro atoms. The van der Waals surface area contributed by atoms with Crippen LogP contribution in [0.5, 0.6) is 0 Å². The Kier molecular flexibility index (Phi) is 6.05. The van der Waals surface area contributed by atoms with Gasteiger partial charge in [-0.25, -0.2) is 4.98 Å². The topological polar surface area (TPSA) is 125 Å². The molecule has 3 heterocycles. The van der Waals surface area contributed by atoms with E-state index in [0.717, 1.165) is 54.9 Å². The first-order chi connectivity index (χ1) is 16.2. The second kappa shape index (κ2) is 9.43. The van der Waals surface area contributed by atoms with E-state index in [1.54, 1.807) is 6.07 Å². The normalized spacial score (nSPS) is 14.0. The van der Waals surface area contributed by atoms with Crippen molar-refractivity contribution < 1.29 is 9.53 Å². The van der Waals surface area contributed by atoms with Gasteiger partial charge in [-0.05, 0) is 48.9 Å². The largest absolute Gasteiger partial charge is 0.378 e. The number of carbonyl (C=O) groups excluding carboxylic acids is 1. The number of fused-ring (bicyclic) bond motifs is 1.